The Morgan fingerprint density at radius 3 is 2.71 bits per heavy atom. The number of aromatic nitrogens is 1. The molecule has 0 radical (unpaired) electrons. The SMILES string of the molecule is CNC(=O)[C@@H]1CN(C(=O)CCn2c(=O)oc3ccccc32)c2ccccc2O1. The fourth-order valence-corrected chi connectivity index (χ4v) is 3.34. The van der Waals surface area contributed by atoms with Crippen molar-refractivity contribution in [2.75, 3.05) is 18.5 Å². The molecule has 2 heterocycles. The van der Waals surface area contributed by atoms with Crippen molar-refractivity contribution in [3.63, 3.8) is 0 Å². The van der Waals surface area contributed by atoms with Gasteiger partial charge in [0.15, 0.2) is 11.7 Å². The molecule has 1 N–H and O–H groups in total. The molecule has 0 fully saturated rings. The average Bonchev–Trinajstić information content (AvgIpc) is 3.05. The minimum atomic E-state index is -0.790. The molecule has 144 valence electrons. The summed E-state index contributed by atoms with van der Waals surface area (Å²) in [6.07, 6.45) is -0.709. The maximum Gasteiger partial charge on any atom is 0.419 e. The highest BCUT2D eigenvalue weighted by Crippen LogP contribution is 2.33. The third-order valence-electron chi connectivity index (χ3n) is 4.74. The van der Waals surface area contributed by atoms with Crippen LogP contribution in [0.1, 0.15) is 6.42 Å². The highest BCUT2D eigenvalue weighted by molar-refractivity contribution is 5.97. The summed E-state index contributed by atoms with van der Waals surface area (Å²) in [5.41, 5.74) is 1.74. The Hall–Kier alpha value is -3.55. The molecule has 1 atom stereocenters. The summed E-state index contributed by atoms with van der Waals surface area (Å²) in [4.78, 5) is 38.6. The first kappa shape index (κ1) is 17.8. The molecule has 2 amide bonds. The van der Waals surface area contributed by atoms with E-state index in [9.17, 15) is 14.4 Å². The van der Waals surface area contributed by atoms with Crippen molar-refractivity contribution < 1.29 is 18.7 Å². The molecule has 1 aliphatic rings. The van der Waals surface area contributed by atoms with E-state index in [4.69, 9.17) is 9.15 Å². The summed E-state index contributed by atoms with van der Waals surface area (Å²) in [6, 6.07) is 14.1. The molecule has 8 nitrogen and oxygen atoms in total. The van der Waals surface area contributed by atoms with Crippen LogP contribution in [0.4, 0.5) is 5.69 Å². The number of amides is 2. The lowest BCUT2D eigenvalue weighted by molar-refractivity contribution is -0.128. The molecule has 0 saturated heterocycles. The van der Waals surface area contributed by atoms with Gasteiger partial charge in [-0.15, -0.1) is 0 Å². The van der Waals surface area contributed by atoms with Crippen LogP contribution in [0.15, 0.2) is 57.7 Å². The maximum absolute atomic E-state index is 13.0. The minimum Gasteiger partial charge on any atom is -0.477 e. The van der Waals surface area contributed by atoms with E-state index in [-0.39, 0.29) is 31.3 Å². The number of benzene rings is 2. The lowest BCUT2D eigenvalue weighted by Gasteiger charge is -2.34. The third-order valence-corrected chi connectivity index (χ3v) is 4.74. The Morgan fingerprint density at radius 2 is 1.89 bits per heavy atom. The summed E-state index contributed by atoms with van der Waals surface area (Å²) in [6.45, 7) is 0.287. The van der Waals surface area contributed by atoms with Crippen molar-refractivity contribution in [1.29, 1.82) is 0 Å². The van der Waals surface area contributed by atoms with Gasteiger partial charge in [0.1, 0.15) is 5.75 Å². The van der Waals surface area contributed by atoms with E-state index in [1.54, 1.807) is 42.5 Å². The first-order chi connectivity index (χ1) is 13.6. The molecular weight excluding hydrogens is 362 g/mol. The predicted molar refractivity (Wildman–Crippen MR) is 102 cm³/mol. The van der Waals surface area contributed by atoms with Crippen LogP contribution in [-0.4, -0.2) is 36.1 Å². The van der Waals surface area contributed by atoms with E-state index in [1.165, 1.54) is 16.5 Å². The number of nitrogens with one attached hydrogen (secondary N) is 1. The number of oxazole rings is 1. The van der Waals surface area contributed by atoms with Crippen LogP contribution in [0.5, 0.6) is 5.75 Å². The van der Waals surface area contributed by atoms with Gasteiger partial charge >= 0.3 is 5.76 Å². The van der Waals surface area contributed by atoms with Gasteiger partial charge < -0.3 is 19.4 Å². The smallest absolute Gasteiger partial charge is 0.419 e. The number of fused-ring (bicyclic) bond motifs is 2. The Kier molecular flexibility index (Phi) is 4.60. The van der Waals surface area contributed by atoms with Crippen molar-refractivity contribution in [2.24, 2.45) is 0 Å². The summed E-state index contributed by atoms with van der Waals surface area (Å²) in [7, 11) is 1.52. The van der Waals surface area contributed by atoms with Crippen LogP contribution in [0.25, 0.3) is 11.1 Å². The molecule has 0 unspecified atom stereocenters. The zero-order valence-corrected chi connectivity index (χ0v) is 15.3. The van der Waals surface area contributed by atoms with Crippen LogP contribution in [0.3, 0.4) is 0 Å². The monoisotopic (exact) mass is 381 g/mol. The number of aryl methyl sites for hydroxylation is 1. The van der Waals surface area contributed by atoms with Gasteiger partial charge in [-0.05, 0) is 24.3 Å². The Balaban J connectivity index is 1.57. The molecule has 28 heavy (non-hydrogen) atoms. The van der Waals surface area contributed by atoms with Gasteiger partial charge in [-0.25, -0.2) is 4.79 Å². The van der Waals surface area contributed by atoms with Gasteiger partial charge in [0.2, 0.25) is 5.91 Å². The second-order valence-corrected chi connectivity index (χ2v) is 6.43. The van der Waals surface area contributed by atoms with Crippen molar-refractivity contribution in [1.82, 2.24) is 9.88 Å². The van der Waals surface area contributed by atoms with Gasteiger partial charge in [0, 0.05) is 20.0 Å². The van der Waals surface area contributed by atoms with E-state index < -0.39 is 11.9 Å². The van der Waals surface area contributed by atoms with Crippen LogP contribution in [0.2, 0.25) is 0 Å². The minimum absolute atomic E-state index is 0.0816. The van der Waals surface area contributed by atoms with Crippen molar-refractivity contribution >= 4 is 28.6 Å². The number of anilines is 1. The van der Waals surface area contributed by atoms with Crippen molar-refractivity contribution in [2.45, 2.75) is 19.1 Å². The third kappa shape index (κ3) is 3.13. The first-order valence-electron chi connectivity index (χ1n) is 8.94. The lowest BCUT2D eigenvalue weighted by atomic mass is 10.1. The molecule has 8 heteroatoms. The van der Waals surface area contributed by atoms with Crippen molar-refractivity contribution in [3.05, 3.63) is 59.1 Å². The Labute approximate surface area is 160 Å². The zero-order chi connectivity index (χ0) is 19.7. The molecular formula is C20H19N3O5. The molecule has 1 aliphatic heterocycles. The number of hydrogen-bond acceptors (Lipinski definition) is 5. The average molecular weight is 381 g/mol. The number of ether oxygens (including phenoxy) is 1. The van der Waals surface area contributed by atoms with Gasteiger partial charge in [-0.2, -0.15) is 0 Å². The van der Waals surface area contributed by atoms with E-state index >= 15 is 0 Å². The summed E-state index contributed by atoms with van der Waals surface area (Å²) in [5.74, 6) is -0.535. The second kappa shape index (κ2) is 7.22. The molecule has 0 bridgehead atoms. The normalized spacial score (nSPS) is 15.8. The molecule has 0 aliphatic carbocycles. The van der Waals surface area contributed by atoms with Gasteiger partial charge in [0.25, 0.3) is 5.91 Å². The molecule has 0 saturated carbocycles. The maximum atomic E-state index is 13.0. The molecule has 3 aromatic rings. The lowest BCUT2D eigenvalue weighted by Crippen LogP contribution is -2.50. The summed E-state index contributed by atoms with van der Waals surface area (Å²) >= 11 is 0. The molecule has 4 rings (SSSR count). The molecule has 2 aromatic carbocycles. The fourth-order valence-electron chi connectivity index (χ4n) is 3.34. The van der Waals surface area contributed by atoms with Crippen LogP contribution in [0, 0.1) is 0 Å². The predicted octanol–water partition coefficient (Wildman–Crippen LogP) is 1.52. The highest BCUT2D eigenvalue weighted by atomic mass is 16.5. The van der Waals surface area contributed by atoms with Crippen LogP contribution >= 0.6 is 0 Å². The number of carbonyl (C=O) groups excluding carboxylic acids is 2. The summed E-state index contributed by atoms with van der Waals surface area (Å²) < 4.78 is 12.4. The Bertz CT molecular complexity index is 1100. The molecule has 0 spiro atoms. The van der Waals surface area contributed by atoms with E-state index in [0.717, 1.165) is 0 Å². The number of rotatable bonds is 4. The quantitative estimate of drug-likeness (QED) is 0.740. The fraction of sp³-hybridized carbons (Fsp3) is 0.250. The highest BCUT2D eigenvalue weighted by Gasteiger charge is 2.33. The van der Waals surface area contributed by atoms with Crippen molar-refractivity contribution in [3.8, 4) is 5.75 Å². The van der Waals surface area contributed by atoms with Gasteiger partial charge in [-0.1, -0.05) is 24.3 Å². The number of nitrogens with zero attached hydrogens (tertiary/aromatic N) is 2. The number of para-hydroxylation sites is 4. The topological polar surface area (TPSA) is 93.8 Å². The Morgan fingerprint density at radius 1 is 1.14 bits per heavy atom. The van der Waals surface area contributed by atoms with Gasteiger partial charge in [-0.3, -0.25) is 14.2 Å². The number of hydrogen-bond donors (Lipinski definition) is 1. The standard InChI is InChI=1S/C20H19N3O5/c1-21-19(25)17-12-23(14-7-3-4-8-15(14)27-17)18(24)10-11-22-13-6-2-5-9-16(13)28-20(22)26/h2-9,17H,10-12H2,1H3,(H,21,25)/t17-/m0/s1. The van der Waals surface area contributed by atoms with Crippen LogP contribution < -0.4 is 20.7 Å². The summed E-state index contributed by atoms with van der Waals surface area (Å²) in [5, 5.41) is 2.55. The zero-order valence-electron chi connectivity index (χ0n) is 15.3. The van der Waals surface area contributed by atoms with E-state index in [0.29, 0.717) is 22.5 Å². The number of carbonyl (C=O) groups is 2. The van der Waals surface area contributed by atoms with E-state index in [2.05, 4.69) is 5.32 Å². The van der Waals surface area contributed by atoms with Crippen LogP contribution in [-0.2, 0) is 16.1 Å². The number of likely N-dealkylation sites (N-methyl/N-ethyl adjacent to an activating group) is 1. The van der Waals surface area contributed by atoms with Gasteiger partial charge in [0.05, 0.1) is 17.7 Å². The largest absolute Gasteiger partial charge is 0.477 e. The van der Waals surface area contributed by atoms with E-state index in [1.807, 2.05) is 6.07 Å². The first-order valence-corrected chi connectivity index (χ1v) is 8.94. The molecule has 1 aromatic heterocycles. The second-order valence-electron chi connectivity index (χ2n) is 6.43.